The Balaban J connectivity index is 2.93. The molecule has 5 heteroatoms. The molecule has 0 aliphatic carbocycles. The van der Waals surface area contributed by atoms with Gasteiger partial charge >= 0.3 is 0 Å². The van der Waals surface area contributed by atoms with Gasteiger partial charge in [-0.05, 0) is 29.8 Å². The average Bonchev–Trinajstić information content (AvgIpc) is 2.10. The van der Waals surface area contributed by atoms with Crippen molar-refractivity contribution in [1.82, 2.24) is 9.97 Å². The van der Waals surface area contributed by atoms with E-state index in [1.54, 1.807) is 0 Å². The Labute approximate surface area is 90.7 Å². The molecule has 72 valence electrons. The largest absolute Gasteiger partial charge is 0.374 e. The molecule has 0 saturated heterocycles. The highest BCUT2D eigenvalue weighted by Crippen LogP contribution is 2.14. The maximum absolute atomic E-state index is 5.21. The molecule has 3 nitrogen and oxygen atoms in total. The third kappa shape index (κ3) is 2.86. The molecule has 0 bridgehead atoms. The first-order chi connectivity index (χ1) is 6.15. The third-order valence-electron chi connectivity index (χ3n) is 1.53. The van der Waals surface area contributed by atoms with Crippen molar-refractivity contribution in [3.63, 3.8) is 0 Å². The number of aryl methyl sites for hydroxylation is 1. The van der Waals surface area contributed by atoms with Crippen LogP contribution in [0, 0.1) is 11.6 Å². The Hall–Kier alpha value is -0.260. The van der Waals surface area contributed by atoms with Crippen molar-refractivity contribution in [2.24, 2.45) is 0 Å². The van der Waals surface area contributed by atoms with Gasteiger partial charge in [0.1, 0.15) is 17.1 Å². The van der Waals surface area contributed by atoms with E-state index in [1.165, 1.54) is 0 Å². The Morgan fingerprint density at radius 3 is 2.85 bits per heavy atom. The first kappa shape index (κ1) is 10.8. The second-order valence-electron chi connectivity index (χ2n) is 2.56. The van der Waals surface area contributed by atoms with Crippen LogP contribution < -0.4 is 0 Å². The number of aromatic nitrogens is 2. The number of hydrogen-bond donors (Lipinski definition) is 1. The molecule has 0 unspecified atom stereocenters. The first-order valence-corrected chi connectivity index (χ1v) is 5.18. The minimum atomic E-state index is 0.480. The summed E-state index contributed by atoms with van der Waals surface area (Å²) >= 11 is 8.39. The molecule has 0 spiro atoms. The van der Waals surface area contributed by atoms with Crippen molar-refractivity contribution in [2.75, 3.05) is 6.61 Å². The minimum Gasteiger partial charge on any atom is -0.374 e. The first-order valence-electron chi connectivity index (χ1n) is 3.98. The van der Waals surface area contributed by atoms with Gasteiger partial charge in [-0.3, -0.25) is 0 Å². The molecule has 0 aliphatic heterocycles. The summed E-state index contributed by atoms with van der Waals surface area (Å²) in [6, 6.07) is 0. The van der Waals surface area contributed by atoms with Crippen LogP contribution in [0.1, 0.15) is 18.4 Å². The molecule has 0 atom stereocenters. The van der Waals surface area contributed by atoms with Gasteiger partial charge in [0.05, 0.1) is 4.47 Å². The molecule has 1 rings (SSSR count). The van der Waals surface area contributed by atoms with E-state index in [2.05, 4.69) is 25.9 Å². The predicted octanol–water partition coefficient (Wildman–Crippen LogP) is 2.75. The Morgan fingerprint density at radius 1 is 1.62 bits per heavy atom. The fourth-order valence-corrected chi connectivity index (χ4v) is 1.35. The van der Waals surface area contributed by atoms with Crippen molar-refractivity contribution in [3.05, 3.63) is 20.6 Å². The van der Waals surface area contributed by atoms with Gasteiger partial charge in [0, 0.05) is 12.3 Å². The van der Waals surface area contributed by atoms with Crippen molar-refractivity contribution >= 4 is 28.1 Å². The van der Waals surface area contributed by atoms with Gasteiger partial charge in [-0.1, -0.05) is 12.2 Å². The molecular formula is C8H11BrN2OS. The van der Waals surface area contributed by atoms with Crippen molar-refractivity contribution in [1.29, 1.82) is 0 Å². The highest BCUT2D eigenvalue weighted by molar-refractivity contribution is 9.10. The molecule has 0 saturated carbocycles. The highest BCUT2D eigenvalue weighted by atomic mass is 79.9. The quantitative estimate of drug-likeness (QED) is 0.852. The molecular weight excluding hydrogens is 252 g/mol. The number of rotatable bonds is 3. The summed E-state index contributed by atoms with van der Waals surface area (Å²) in [7, 11) is 0. The van der Waals surface area contributed by atoms with Crippen LogP contribution in [0.2, 0.25) is 0 Å². The van der Waals surface area contributed by atoms with E-state index in [9.17, 15) is 0 Å². The Bertz CT molecular complexity index is 350. The zero-order valence-electron chi connectivity index (χ0n) is 7.56. The van der Waals surface area contributed by atoms with E-state index in [4.69, 9.17) is 17.0 Å². The molecule has 1 N–H and O–H groups in total. The maximum atomic E-state index is 5.21. The van der Waals surface area contributed by atoms with Gasteiger partial charge in [0.2, 0.25) is 0 Å². The monoisotopic (exact) mass is 262 g/mol. The van der Waals surface area contributed by atoms with Gasteiger partial charge in [0.25, 0.3) is 0 Å². The number of hydrogen-bond acceptors (Lipinski definition) is 3. The van der Waals surface area contributed by atoms with E-state index in [0.29, 0.717) is 17.9 Å². The summed E-state index contributed by atoms with van der Waals surface area (Å²) in [6.07, 6.45) is 0. The standard InChI is InChI=1S/C8H11BrN2OS/c1-3-12-4-6-10-5(2)7(9)8(13)11-6/h3-4H2,1-2H3,(H,10,11,13). The van der Waals surface area contributed by atoms with Gasteiger partial charge < -0.3 is 9.72 Å². The summed E-state index contributed by atoms with van der Waals surface area (Å²) in [4.78, 5) is 7.26. The lowest BCUT2D eigenvalue weighted by Gasteiger charge is -2.04. The molecule has 0 aromatic carbocycles. The van der Waals surface area contributed by atoms with E-state index >= 15 is 0 Å². The normalized spacial score (nSPS) is 10.4. The Morgan fingerprint density at radius 2 is 2.31 bits per heavy atom. The molecule has 1 heterocycles. The van der Waals surface area contributed by atoms with Crippen LogP contribution in [-0.4, -0.2) is 16.6 Å². The van der Waals surface area contributed by atoms with Crippen LogP contribution in [0.15, 0.2) is 4.47 Å². The van der Waals surface area contributed by atoms with E-state index in [-0.39, 0.29) is 0 Å². The van der Waals surface area contributed by atoms with Crippen molar-refractivity contribution in [3.8, 4) is 0 Å². The van der Waals surface area contributed by atoms with Crippen molar-refractivity contribution < 1.29 is 4.74 Å². The number of nitrogens with one attached hydrogen (secondary N) is 1. The maximum Gasteiger partial charge on any atom is 0.144 e. The summed E-state index contributed by atoms with van der Waals surface area (Å²) in [5.74, 6) is 0.771. The third-order valence-corrected chi connectivity index (χ3v) is 3.06. The molecule has 0 fully saturated rings. The SMILES string of the molecule is CCOCc1nc(=S)c(Br)c(C)[nH]1. The fraction of sp³-hybridized carbons (Fsp3) is 0.500. The van der Waals surface area contributed by atoms with Crippen molar-refractivity contribution in [2.45, 2.75) is 20.5 Å². The fourth-order valence-electron chi connectivity index (χ4n) is 0.898. The Kier molecular flexibility index (Phi) is 4.02. The van der Waals surface area contributed by atoms with Crippen LogP contribution in [0.3, 0.4) is 0 Å². The summed E-state index contributed by atoms with van der Waals surface area (Å²) < 4.78 is 6.64. The number of nitrogens with zero attached hydrogens (tertiary/aromatic N) is 1. The lowest BCUT2D eigenvalue weighted by molar-refractivity contribution is 0.128. The summed E-state index contributed by atoms with van der Waals surface area (Å²) in [5, 5.41) is 0. The molecule has 0 aliphatic rings. The molecule has 1 aromatic rings. The lowest BCUT2D eigenvalue weighted by atomic mass is 10.4. The van der Waals surface area contributed by atoms with Crippen LogP contribution in [0.4, 0.5) is 0 Å². The van der Waals surface area contributed by atoms with E-state index in [0.717, 1.165) is 16.0 Å². The van der Waals surface area contributed by atoms with Gasteiger partial charge in [0.15, 0.2) is 0 Å². The van der Waals surface area contributed by atoms with Crippen LogP contribution in [0.25, 0.3) is 0 Å². The molecule has 0 amide bonds. The number of H-pyrrole nitrogens is 1. The zero-order valence-corrected chi connectivity index (χ0v) is 9.96. The highest BCUT2D eigenvalue weighted by Gasteiger charge is 2.01. The molecule has 13 heavy (non-hydrogen) atoms. The molecule has 1 aromatic heterocycles. The van der Waals surface area contributed by atoms with E-state index < -0.39 is 0 Å². The second-order valence-corrected chi connectivity index (χ2v) is 3.74. The predicted molar refractivity (Wildman–Crippen MR) is 57.2 cm³/mol. The second kappa shape index (κ2) is 4.83. The van der Waals surface area contributed by atoms with Gasteiger partial charge in [-0.2, -0.15) is 0 Å². The minimum absolute atomic E-state index is 0.480. The number of halogens is 1. The smallest absolute Gasteiger partial charge is 0.144 e. The van der Waals surface area contributed by atoms with E-state index in [1.807, 2.05) is 13.8 Å². The van der Waals surface area contributed by atoms with Crippen LogP contribution >= 0.6 is 28.1 Å². The zero-order chi connectivity index (χ0) is 9.84. The van der Waals surface area contributed by atoms with Crippen LogP contribution in [0.5, 0.6) is 0 Å². The lowest BCUT2D eigenvalue weighted by Crippen LogP contribution is -2.01. The topological polar surface area (TPSA) is 37.9 Å². The molecule has 0 radical (unpaired) electrons. The summed E-state index contributed by atoms with van der Waals surface area (Å²) in [6.45, 7) is 5.04. The van der Waals surface area contributed by atoms with Gasteiger partial charge in [-0.25, -0.2) is 4.98 Å². The number of aromatic amines is 1. The van der Waals surface area contributed by atoms with Gasteiger partial charge in [-0.15, -0.1) is 0 Å². The summed E-state index contributed by atoms with van der Waals surface area (Å²) in [5.41, 5.74) is 0.981. The number of ether oxygens (including phenoxy) is 1. The average molecular weight is 263 g/mol. The van der Waals surface area contributed by atoms with Crippen LogP contribution in [-0.2, 0) is 11.3 Å².